The van der Waals surface area contributed by atoms with E-state index in [-0.39, 0.29) is 44.0 Å². The van der Waals surface area contributed by atoms with Crippen LogP contribution in [0, 0.1) is 0 Å². The lowest BCUT2D eigenvalue weighted by molar-refractivity contribution is -0.166. The summed E-state index contributed by atoms with van der Waals surface area (Å²) in [4.78, 5) is 37.9. The van der Waals surface area contributed by atoms with Gasteiger partial charge in [-0.25, -0.2) is 0 Å². The molecule has 0 spiro atoms. The molecule has 0 saturated heterocycles. The first-order valence-electron chi connectivity index (χ1n) is 24.3. The van der Waals surface area contributed by atoms with Crippen LogP contribution in [0.2, 0.25) is 0 Å². The van der Waals surface area contributed by atoms with Crippen molar-refractivity contribution in [3.05, 3.63) is 134 Å². The summed E-state index contributed by atoms with van der Waals surface area (Å²) in [6.45, 7) is 6.21. The van der Waals surface area contributed by atoms with Crippen LogP contribution in [0.3, 0.4) is 0 Å². The molecule has 0 aliphatic heterocycles. The fourth-order valence-electron chi connectivity index (χ4n) is 5.90. The molecule has 0 amide bonds. The summed E-state index contributed by atoms with van der Waals surface area (Å²) in [5.74, 6) is -1.08. The average molecular weight is 855 g/mol. The van der Waals surface area contributed by atoms with Crippen LogP contribution in [0.4, 0.5) is 0 Å². The molecule has 0 N–H and O–H groups in total. The van der Waals surface area contributed by atoms with Gasteiger partial charge in [-0.3, -0.25) is 14.4 Å². The number of hydrogen-bond donors (Lipinski definition) is 0. The Morgan fingerprint density at radius 3 is 1.27 bits per heavy atom. The Balaban J connectivity index is 4.61. The average Bonchev–Trinajstić information content (AvgIpc) is 3.27. The number of esters is 3. The van der Waals surface area contributed by atoms with E-state index in [1.165, 1.54) is 32.1 Å². The smallest absolute Gasteiger partial charge is 0.306 e. The quantitative estimate of drug-likeness (QED) is 0.0200. The van der Waals surface area contributed by atoms with Gasteiger partial charge in [0.1, 0.15) is 13.2 Å². The van der Waals surface area contributed by atoms with E-state index in [1.54, 1.807) is 0 Å². The standard InChI is InChI=1S/C56H86O6/c1-4-7-10-13-16-19-22-25-27-29-31-34-37-40-43-46-49-55(58)61-52-53(51-60-54(57)48-45-42-39-36-33-30-24-21-18-15-12-9-6-3)62-56(59)50-47-44-41-38-35-32-28-26-23-20-17-14-11-8-5-2/h7,9-10,12,15-21,23-27,30-31,33-34,40,43,53H,4-6,8,11,13-14,22,28-29,32,35-39,41-42,44-52H2,1-3H3/b10-7-,12-9-,18-15-,19-16-,20-17-,24-21-,26-23-,27-25-,33-30-,34-31-,43-40-. The van der Waals surface area contributed by atoms with Crippen molar-refractivity contribution >= 4 is 17.9 Å². The highest BCUT2D eigenvalue weighted by Crippen LogP contribution is 2.12. The van der Waals surface area contributed by atoms with E-state index in [4.69, 9.17) is 14.2 Å². The molecular weight excluding hydrogens is 769 g/mol. The molecule has 62 heavy (non-hydrogen) atoms. The summed E-state index contributed by atoms with van der Waals surface area (Å²) in [6, 6.07) is 0. The van der Waals surface area contributed by atoms with Gasteiger partial charge in [0, 0.05) is 19.3 Å². The number of rotatable bonds is 41. The van der Waals surface area contributed by atoms with Gasteiger partial charge in [-0.1, -0.05) is 199 Å². The van der Waals surface area contributed by atoms with Gasteiger partial charge < -0.3 is 14.2 Å². The molecule has 0 aromatic heterocycles. The Hall–Kier alpha value is -4.45. The van der Waals surface area contributed by atoms with Crippen LogP contribution in [-0.4, -0.2) is 37.2 Å². The maximum Gasteiger partial charge on any atom is 0.306 e. The molecule has 1 unspecified atom stereocenters. The van der Waals surface area contributed by atoms with E-state index in [2.05, 4.69) is 106 Å². The van der Waals surface area contributed by atoms with Crippen LogP contribution in [0.15, 0.2) is 134 Å². The lowest BCUT2D eigenvalue weighted by Gasteiger charge is -2.18. The van der Waals surface area contributed by atoms with Gasteiger partial charge in [0.2, 0.25) is 0 Å². The zero-order valence-corrected chi connectivity index (χ0v) is 39.3. The van der Waals surface area contributed by atoms with Gasteiger partial charge in [0.05, 0.1) is 0 Å². The van der Waals surface area contributed by atoms with Crippen molar-refractivity contribution in [2.45, 2.75) is 187 Å². The first-order chi connectivity index (χ1) is 30.5. The third-order valence-electron chi connectivity index (χ3n) is 9.51. The topological polar surface area (TPSA) is 78.9 Å². The summed E-state index contributed by atoms with van der Waals surface area (Å²) in [5, 5.41) is 0. The predicted octanol–water partition coefficient (Wildman–Crippen LogP) is 15.9. The lowest BCUT2D eigenvalue weighted by atomic mass is 10.1. The van der Waals surface area contributed by atoms with Crippen molar-refractivity contribution in [3.8, 4) is 0 Å². The second-order valence-electron chi connectivity index (χ2n) is 15.4. The molecule has 0 radical (unpaired) electrons. The maximum atomic E-state index is 12.8. The largest absolute Gasteiger partial charge is 0.462 e. The summed E-state index contributed by atoms with van der Waals surface area (Å²) in [7, 11) is 0. The second kappa shape index (κ2) is 49.2. The molecule has 6 heteroatoms. The highest BCUT2D eigenvalue weighted by atomic mass is 16.6. The summed E-state index contributed by atoms with van der Waals surface area (Å²) in [6.07, 6.45) is 68.7. The Morgan fingerprint density at radius 1 is 0.355 bits per heavy atom. The highest BCUT2D eigenvalue weighted by Gasteiger charge is 2.19. The van der Waals surface area contributed by atoms with Gasteiger partial charge in [0.15, 0.2) is 6.10 Å². The maximum absolute atomic E-state index is 12.8. The number of carbonyl (C=O) groups excluding carboxylic acids is 3. The molecule has 0 saturated carbocycles. The number of hydrogen-bond acceptors (Lipinski definition) is 6. The van der Waals surface area contributed by atoms with Crippen LogP contribution >= 0.6 is 0 Å². The van der Waals surface area contributed by atoms with Crippen molar-refractivity contribution in [1.29, 1.82) is 0 Å². The molecule has 0 bridgehead atoms. The van der Waals surface area contributed by atoms with Crippen molar-refractivity contribution in [2.24, 2.45) is 0 Å². The Kier molecular flexibility index (Phi) is 45.7. The van der Waals surface area contributed by atoms with E-state index in [9.17, 15) is 14.4 Å². The van der Waals surface area contributed by atoms with Crippen molar-refractivity contribution in [2.75, 3.05) is 13.2 Å². The van der Waals surface area contributed by atoms with E-state index >= 15 is 0 Å². The lowest BCUT2D eigenvalue weighted by Crippen LogP contribution is -2.30. The number of carbonyl (C=O) groups is 3. The Morgan fingerprint density at radius 2 is 0.742 bits per heavy atom. The minimum atomic E-state index is -0.834. The van der Waals surface area contributed by atoms with E-state index < -0.39 is 6.10 Å². The van der Waals surface area contributed by atoms with Gasteiger partial charge >= 0.3 is 17.9 Å². The van der Waals surface area contributed by atoms with Crippen LogP contribution < -0.4 is 0 Å². The first-order valence-corrected chi connectivity index (χ1v) is 24.3. The third-order valence-corrected chi connectivity index (χ3v) is 9.51. The molecule has 0 fully saturated rings. The summed E-state index contributed by atoms with van der Waals surface area (Å²) >= 11 is 0. The Labute approximate surface area is 379 Å². The first kappa shape index (κ1) is 57.5. The number of unbranched alkanes of at least 4 members (excludes halogenated alkanes) is 12. The monoisotopic (exact) mass is 855 g/mol. The van der Waals surface area contributed by atoms with Gasteiger partial charge in [-0.15, -0.1) is 0 Å². The number of allylic oxidation sites excluding steroid dienone is 22. The molecule has 1 atom stereocenters. The molecule has 6 nitrogen and oxygen atoms in total. The molecule has 0 aliphatic carbocycles. The minimum Gasteiger partial charge on any atom is -0.462 e. The summed E-state index contributed by atoms with van der Waals surface area (Å²) < 4.78 is 16.6. The second-order valence-corrected chi connectivity index (χ2v) is 15.4. The van der Waals surface area contributed by atoms with Crippen molar-refractivity contribution in [1.82, 2.24) is 0 Å². The van der Waals surface area contributed by atoms with Gasteiger partial charge in [0.25, 0.3) is 0 Å². The number of ether oxygens (including phenoxy) is 3. The van der Waals surface area contributed by atoms with Crippen LogP contribution in [0.25, 0.3) is 0 Å². The van der Waals surface area contributed by atoms with Crippen molar-refractivity contribution in [3.63, 3.8) is 0 Å². The zero-order chi connectivity index (χ0) is 45.1. The van der Waals surface area contributed by atoms with Gasteiger partial charge in [-0.2, -0.15) is 0 Å². The molecule has 0 aliphatic rings. The summed E-state index contributed by atoms with van der Waals surface area (Å²) in [5.41, 5.74) is 0. The Bertz CT molecular complexity index is 1400. The fraction of sp³-hybridized carbons (Fsp3) is 0.554. The zero-order valence-electron chi connectivity index (χ0n) is 39.3. The normalized spacial score (nSPS) is 13.3. The van der Waals surface area contributed by atoms with E-state index in [1.807, 2.05) is 48.6 Å². The molecule has 346 valence electrons. The van der Waals surface area contributed by atoms with Crippen LogP contribution in [0.5, 0.6) is 0 Å². The molecule has 0 aromatic carbocycles. The van der Waals surface area contributed by atoms with Crippen LogP contribution in [0.1, 0.15) is 181 Å². The SMILES string of the molecule is CC\C=C/C=C\C=C/C=C\CCCCCC(=O)OCC(COC(=O)CC/C=C\C/C=C\C/C=C\C/C=C\C/C=C\CC)OC(=O)CCCCCCCC/C=C\C=C/CCCCC. The molecule has 0 heterocycles. The van der Waals surface area contributed by atoms with Crippen molar-refractivity contribution < 1.29 is 28.6 Å². The van der Waals surface area contributed by atoms with Gasteiger partial charge in [-0.05, 0) is 96.3 Å². The highest BCUT2D eigenvalue weighted by molar-refractivity contribution is 5.71. The minimum absolute atomic E-state index is 0.131. The molecule has 0 aromatic rings. The fourth-order valence-corrected chi connectivity index (χ4v) is 5.90. The van der Waals surface area contributed by atoms with E-state index in [0.29, 0.717) is 12.8 Å². The molecular formula is C56H86O6. The molecule has 0 rings (SSSR count). The van der Waals surface area contributed by atoms with E-state index in [0.717, 1.165) is 103 Å². The predicted molar refractivity (Wildman–Crippen MR) is 265 cm³/mol. The third kappa shape index (κ3) is 46.6. The van der Waals surface area contributed by atoms with Crippen LogP contribution in [-0.2, 0) is 28.6 Å².